The van der Waals surface area contributed by atoms with Crippen molar-refractivity contribution in [2.24, 2.45) is 0 Å². The highest BCUT2D eigenvalue weighted by molar-refractivity contribution is 5.97. The van der Waals surface area contributed by atoms with Gasteiger partial charge in [-0.15, -0.1) is 0 Å². The third kappa shape index (κ3) is 3.76. The van der Waals surface area contributed by atoms with Crippen molar-refractivity contribution in [3.05, 3.63) is 35.1 Å². The maximum atomic E-state index is 11.9. The Bertz CT molecular complexity index is 816. The highest BCUT2D eigenvalue weighted by Gasteiger charge is 2.14. The van der Waals surface area contributed by atoms with Crippen LogP contribution in [0.2, 0.25) is 0 Å². The summed E-state index contributed by atoms with van der Waals surface area (Å²) in [6.45, 7) is 5.78. The molecule has 0 aliphatic carbocycles. The molecule has 0 spiro atoms. The van der Waals surface area contributed by atoms with Crippen molar-refractivity contribution in [3.8, 4) is 5.75 Å². The van der Waals surface area contributed by atoms with Crippen LogP contribution in [-0.2, 0) is 9.59 Å². The van der Waals surface area contributed by atoms with Crippen LogP contribution in [0.3, 0.4) is 0 Å². The number of furan rings is 1. The van der Waals surface area contributed by atoms with E-state index in [9.17, 15) is 9.59 Å². The normalized spacial score (nSPS) is 11.6. The first-order valence-corrected chi connectivity index (χ1v) is 7.59. The molecule has 0 aliphatic rings. The summed E-state index contributed by atoms with van der Waals surface area (Å²) in [6.07, 6.45) is 1.33. The molecule has 6 heteroatoms. The minimum Gasteiger partial charge on any atom is -0.496 e. The van der Waals surface area contributed by atoms with Gasteiger partial charge in [0, 0.05) is 29.6 Å². The number of aliphatic carboxylic acids is 1. The van der Waals surface area contributed by atoms with Crippen LogP contribution in [-0.4, -0.2) is 30.6 Å². The molecule has 1 aromatic carbocycles. The van der Waals surface area contributed by atoms with Gasteiger partial charge >= 0.3 is 5.97 Å². The van der Waals surface area contributed by atoms with Crippen LogP contribution in [0, 0.1) is 13.8 Å². The van der Waals surface area contributed by atoms with Crippen LogP contribution < -0.4 is 10.1 Å². The minimum absolute atomic E-state index is 0.0914. The molecule has 24 heavy (non-hydrogen) atoms. The fraction of sp³-hybridized carbons (Fsp3) is 0.333. The average Bonchev–Trinajstić information content (AvgIpc) is 2.79. The van der Waals surface area contributed by atoms with Gasteiger partial charge in [0.1, 0.15) is 17.1 Å². The second-order valence-electron chi connectivity index (χ2n) is 5.59. The van der Waals surface area contributed by atoms with E-state index < -0.39 is 5.97 Å². The highest BCUT2D eigenvalue weighted by atomic mass is 16.5. The first-order valence-electron chi connectivity index (χ1n) is 7.59. The van der Waals surface area contributed by atoms with Gasteiger partial charge in [0.05, 0.1) is 13.5 Å². The predicted octanol–water partition coefficient (Wildman–Crippen LogP) is 3.05. The average molecular weight is 331 g/mol. The van der Waals surface area contributed by atoms with Crippen molar-refractivity contribution in [3.63, 3.8) is 0 Å². The van der Waals surface area contributed by atoms with Gasteiger partial charge in [-0.1, -0.05) is 0 Å². The molecule has 0 radical (unpaired) electrons. The van der Waals surface area contributed by atoms with E-state index in [2.05, 4.69) is 5.32 Å². The number of benzene rings is 1. The Morgan fingerprint density at radius 3 is 2.67 bits per heavy atom. The lowest BCUT2D eigenvalue weighted by molar-refractivity contribution is -0.136. The molecule has 0 saturated heterocycles. The van der Waals surface area contributed by atoms with Gasteiger partial charge in [-0.25, -0.2) is 0 Å². The molecule has 0 fully saturated rings. The van der Waals surface area contributed by atoms with Gasteiger partial charge in [-0.05, 0) is 38.0 Å². The van der Waals surface area contributed by atoms with Crippen LogP contribution in [0.4, 0.5) is 0 Å². The number of carbonyl (C=O) groups excluding carboxylic acids is 1. The minimum atomic E-state index is -0.950. The van der Waals surface area contributed by atoms with Crippen molar-refractivity contribution < 1.29 is 23.8 Å². The maximum Gasteiger partial charge on any atom is 0.305 e. The summed E-state index contributed by atoms with van der Waals surface area (Å²) in [5, 5.41) is 12.1. The lowest BCUT2D eigenvalue weighted by Crippen LogP contribution is -2.24. The molecule has 1 aromatic heterocycles. The third-order valence-corrected chi connectivity index (χ3v) is 3.91. The SMILES string of the molecule is COc1cc2oc(C)c(C)c2cc1/C(C)=C/C(=O)NCCC(=O)O. The van der Waals surface area contributed by atoms with E-state index >= 15 is 0 Å². The number of fused-ring (bicyclic) bond motifs is 1. The van der Waals surface area contributed by atoms with Crippen LogP contribution >= 0.6 is 0 Å². The predicted molar refractivity (Wildman–Crippen MR) is 91.2 cm³/mol. The highest BCUT2D eigenvalue weighted by Crippen LogP contribution is 2.34. The molecule has 0 unspecified atom stereocenters. The summed E-state index contributed by atoms with van der Waals surface area (Å²) >= 11 is 0. The van der Waals surface area contributed by atoms with Crippen LogP contribution in [0.25, 0.3) is 16.5 Å². The topological polar surface area (TPSA) is 88.8 Å². The molecule has 0 saturated carbocycles. The lowest BCUT2D eigenvalue weighted by atomic mass is 10.0. The number of amides is 1. The molecule has 1 amide bonds. The molecule has 6 nitrogen and oxygen atoms in total. The summed E-state index contributed by atoms with van der Waals surface area (Å²) < 4.78 is 11.1. The molecular weight excluding hydrogens is 310 g/mol. The molecule has 2 N–H and O–H groups in total. The van der Waals surface area contributed by atoms with E-state index in [0.29, 0.717) is 5.75 Å². The fourth-order valence-corrected chi connectivity index (χ4v) is 2.46. The van der Waals surface area contributed by atoms with Crippen molar-refractivity contribution in [2.45, 2.75) is 27.2 Å². The van der Waals surface area contributed by atoms with Crippen molar-refractivity contribution in [1.82, 2.24) is 5.32 Å². The number of carboxylic acid groups (broad SMARTS) is 1. The van der Waals surface area contributed by atoms with Crippen molar-refractivity contribution >= 4 is 28.4 Å². The Kier molecular flexibility index (Phi) is 5.28. The van der Waals surface area contributed by atoms with Crippen LogP contribution in [0.15, 0.2) is 22.6 Å². The summed E-state index contributed by atoms with van der Waals surface area (Å²) in [4.78, 5) is 22.4. The molecule has 0 bridgehead atoms. The zero-order valence-corrected chi connectivity index (χ0v) is 14.2. The zero-order chi connectivity index (χ0) is 17.9. The number of aryl methyl sites for hydroxylation is 2. The summed E-state index contributed by atoms with van der Waals surface area (Å²) in [5.41, 5.74) is 3.30. The largest absolute Gasteiger partial charge is 0.496 e. The zero-order valence-electron chi connectivity index (χ0n) is 14.2. The molecule has 0 atom stereocenters. The van der Waals surface area contributed by atoms with Gasteiger partial charge in [-0.2, -0.15) is 0 Å². The van der Waals surface area contributed by atoms with E-state index in [-0.39, 0.29) is 18.9 Å². The maximum absolute atomic E-state index is 11.9. The number of carbonyl (C=O) groups is 2. The van der Waals surface area contributed by atoms with Crippen molar-refractivity contribution in [2.75, 3.05) is 13.7 Å². The van der Waals surface area contributed by atoms with Crippen molar-refractivity contribution in [1.29, 1.82) is 0 Å². The van der Waals surface area contributed by atoms with Gasteiger partial charge < -0.3 is 19.6 Å². The monoisotopic (exact) mass is 331 g/mol. The second kappa shape index (κ2) is 7.21. The fourth-order valence-electron chi connectivity index (χ4n) is 2.46. The summed E-state index contributed by atoms with van der Waals surface area (Å²) in [6, 6.07) is 3.75. The summed E-state index contributed by atoms with van der Waals surface area (Å²) in [7, 11) is 1.56. The smallest absolute Gasteiger partial charge is 0.305 e. The molecule has 2 rings (SSSR count). The first-order chi connectivity index (χ1) is 11.3. The first kappa shape index (κ1) is 17.6. The number of nitrogens with one attached hydrogen (secondary N) is 1. The Labute approximate surface area is 140 Å². The Hall–Kier alpha value is -2.76. The molecule has 0 aliphatic heterocycles. The quantitative estimate of drug-likeness (QED) is 0.794. The summed E-state index contributed by atoms with van der Waals surface area (Å²) in [5.74, 6) is 0.172. The number of ether oxygens (including phenoxy) is 1. The van der Waals surface area contributed by atoms with E-state index in [0.717, 1.165) is 33.4 Å². The third-order valence-electron chi connectivity index (χ3n) is 3.91. The second-order valence-corrected chi connectivity index (χ2v) is 5.59. The Morgan fingerprint density at radius 1 is 1.33 bits per heavy atom. The Morgan fingerprint density at radius 2 is 2.04 bits per heavy atom. The van der Waals surface area contributed by atoms with Crippen LogP contribution in [0.5, 0.6) is 5.75 Å². The van der Waals surface area contributed by atoms with Gasteiger partial charge in [0.25, 0.3) is 0 Å². The Balaban J connectivity index is 2.31. The number of hydrogen-bond acceptors (Lipinski definition) is 4. The van der Waals surface area contributed by atoms with E-state index in [1.807, 2.05) is 32.9 Å². The van der Waals surface area contributed by atoms with Gasteiger partial charge in [0.2, 0.25) is 5.91 Å². The molecule has 128 valence electrons. The molecule has 2 aromatic rings. The molecular formula is C18H21NO5. The lowest BCUT2D eigenvalue weighted by Gasteiger charge is -2.09. The van der Waals surface area contributed by atoms with E-state index in [1.165, 1.54) is 6.08 Å². The van der Waals surface area contributed by atoms with E-state index in [4.69, 9.17) is 14.3 Å². The number of allylic oxidation sites excluding steroid dienone is 1. The number of hydrogen-bond donors (Lipinski definition) is 2. The van der Waals surface area contributed by atoms with Crippen LogP contribution in [0.1, 0.15) is 30.2 Å². The van der Waals surface area contributed by atoms with Gasteiger partial charge in [-0.3, -0.25) is 9.59 Å². The standard InChI is InChI=1S/C18H21NO5/c1-10(7-17(20)19-6-5-18(21)22)13-8-14-11(2)12(3)24-16(14)9-15(13)23-4/h7-9H,5-6H2,1-4H3,(H,19,20)(H,21,22)/b10-7+. The number of methoxy groups -OCH3 is 1. The number of rotatable bonds is 6. The van der Waals surface area contributed by atoms with Gasteiger partial charge in [0.15, 0.2) is 0 Å². The number of carboxylic acids is 1. The van der Waals surface area contributed by atoms with E-state index in [1.54, 1.807) is 7.11 Å². The molecule has 1 heterocycles.